The molecule has 1 saturated heterocycles. The number of carbonyl (C=O) groups excluding carboxylic acids is 1. The van der Waals surface area contributed by atoms with E-state index in [2.05, 4.69) is 49.1 Å². The largest absolute Gasteiger partial charge is 0.497 e. The summed E-state index contributed by atoms with van der Waals surface area (Å²) in [4.78, 5) is 22.1. The first kappa shape index (κ1) is 39.8. The molecular formula is C45H50N4O7Si. The molecule has 11 nitrogen and oxygen atoms in total. The van der Waals surface area contributed by atoms with Gasteiger partial charge in [-0.05, 0) is 77.3 Å². The number of carbonyl (C=O) groups is 1. The average Bonchev–Trinajstić information content (AvgIpc) is 3.79. The second kappa shape index (κ2) is 16.2. The summed E-state index contributed by atoms with van der Waals surface area (Å²) in [5.74, 6) is 1.49. The summed E-state index contributed by atoms with van der Waals surface area (Å²) >= 11 is 0. The number of aromatic nitrogens is 3. The molecule has 0 radical (unpaired) electrons. The van der Waals surface area contributed by atoms with E-state index in [1.807, 2.05) is 91.0 Å². The van der Waals surface area contributed by atoms with Crippen molar-refractivity contribution in [3.63, 3.8) is 0 Å². The molecule has 0 spiro atoms. The van der Waals surface area contributed by atoms with Gasteiger partial charge in [0.15, 0.2) is 14.5 Å². The van der Waals surface area contributed by atoms with Gasteiger partial charge in [0.25, 0.3) is 5.91 Å². The Kier molecular flexibility index (Phi) is 11.4. The van der Waals surface area contributed by atoms with E-state index in [4.69, 9.17) is 23.4 Å². The SMILES string of the molecule is COc1ccc(C(OC[C@H]2O[C@@H](n3ccc4c(NC(=O)c5ccccc5)ncnc43)[C@H](O)[C@@H]2O[Si](C)(C)C(C)(C)C)(c2ccccc2)c2ccc(OC)cc2)cc1. The lowest BCUT2D eigenvalue weighted by Gasteiger charge is -2.41. The predicted molar refractivity (Wildman–Crippen MR) is 222 cm³/mol. The molecule has 1 aliphatic rings. The first-order chi connectivity index (χ1) is 27.4. The molecule has 1 aliphatic heterocycles. The van der Waals surface area contributed by atoms with Gasteiger partial charge in [-0.1, -0.05) is 93.6 Å². The van der Waals surface area contributed by atoms with Crippen molar-refractivity contribution >= 4 is 31.1 Å². The Balaban J connectivity index is 1.28. The maximum atomic E-state index is 13.1. The van der Waals surface area contributed by atoms with E-state index in [1.165, 1.54) is 6.33 Å². The summed E-state index contributed by atoms with van der Waals surface area (Å²) in [5.41, 5.74) is 2.51. The molecule has 296 valence electrons. The van der Waals surface area contributed by atoms with Crippen molar-refractivity contribution in [3.8, 4) is 11.5 Å². The molecule has 12 heteroatoms. The van der Waals surface area contributed by atoms with E-state index >= 15 is 0 Å². The van der Waals surface area contributed by atoms with Gasteiger partial charge in [-0.25, -0.2) is 9.97 Å². The second-order valence-corrected chi connectivity index (χ2v) is 20.5. The molecule has 7 rings (SSSR count). The third kappa shape index (κ3) is 7.83. The van der Waals surface area contributed by atoms with Gasteiger partial charge in [-0.2, -0.15) is 0 Å². The fourth-order valence-corrected chi connectivity index (χ4v) is 8.40. The Hall–Kier alpha value is -5.37. The molecule has 2 aromatic heterocycles. The standard InChI is InChI=1S/C45H50N4O7Si/c1-44(2,3)57(6,7)56-39-37(55-43(38(39)50)49-27-26-36-40(46-29-47-41(36)49)48-42(51)30-14-10-8-11-15-30)28-54-45(31-16-12-9-13-17-31,32-18-22-34(52-4)23-19-32)33-20-24-35(53-5)25-21-33/h8-27,29,37-39,43,50H,28H2,1-7H3,(H,46,47,48,51)/t37-,38-,39-,43-/m1/s1. The minimum atomic E-state index is -2.47. The molecule has 1 fully saturated rings. The number of aliphatic hydroxyl groups is 1. The Bertz CT molecular complexity index is 2230. The number of methoxy groups -OCH3 is 2. The molecule has 0 unspecified atom stereocenters. The number of nitrogens with one attached hydrogen (secondary N) is 1. The van der Waals surface area contributed by atoms with Crippen molar-refractivity contribution in [2.75, 3.05) is 26.1 Å². The summed E-state index contributed by atoms with van der Waals surface area (Å²) in [5, 5.41) is 15.7. The first-order valence-electron chi connectivity index (χ1n) is 19.0. The molecule has 0 bridgehead atoms. The van der Waals surface area contributed by atoms with Gasteiger partial charge < -0.3 is 38.4 Å². The fraction of sp³-hybridized carbons (Fsp3) is 0.311. The van der Waals surface area contributed by atoms with Crippen molar-refractivity contribution in [3.05, 3.63) is 150 Å². The van der Waals surface area contributed by atoms with Crippen LogP contribution in [0.4, 0.5) is 5.82 Å². The lowest BCUT2D eigenvalue weighted by molar-refractivity contribution is -0.0929. The van der Waals surface area contributed by atoms with Gasteiger partial charge in [-0.3, -0.25) is 4.79 Å². The zero-order valence-corrected chi connectivity index (χ0v) is 34.4. The highest BCUT2D eigenvalue weighted by Gasteiger charge is 2.52. The quantitative estimate of drug-likeness (QED) is 0.0878. The number of amides is 1. The molecule has 3 heterocycles. The number of fused-ring (bicyclic) bond motifs is 1. The molecule has 0 aliphatic carbocycles. The molecule has 6 aromatic rings. The molecular weight excluding hydrogens is 737 g/mol. The maximum absolute atomic E-state index is 13.1. The summed E-state index contributed by atoms with van der Waals surface area (Å²) in [7, 11) is 0.808. The number of rotatable bonds is 13. The summed E-state index contributed by atoms with van der Waals surface area (Å²) in [6.07, 6.45) is -0.285. The fourth-order valence-electron chi connectivity index (χ4n) is 7.07. The molecule has 4 aromatic carbocycles. The van der Waals surface area contributed by atoms with E-state index in [1.54, 1.807) is 49.2 Å². The molecule has 4 atom stereocenters. The van der Waals surface area contributed by atoms with Crippen LogP contribution in [0.2, 0.25) is 18.1 Å². The lowest BCUT2D eigenvalue weighted by Crippen LogP contribution is -2.50. The normalized spacial score (nSPS) is 18.7. The number of aliphatic hydroxyl groups excluding tert-OH is 1. The van der Waals surface area contributed by atoms with Crippen LogP contribution in [0.3, 0.4) is 0 Å². The van der Waals surface area contributed by atoms with E-state index in [0.29, 0.717) is 33.9 Å². The summed E-state index contributed by atoms with van der Waals surface area (Å²) in [6, 6.07) is 36.5. The van der Waals surface area contributed by atoms with Gasteiger partial charge in [0, 0.05) is 11.8 Å². The summed E-state index contributed by atoms with van der Waals surface area (Å²) in [6.45, 7) is 10.9. The van der Waals surface area contributed by atoms with E-state index in [9.17, 15) is 9.90 Å². The van der Waals surface area contributed by atoms with E-state index in [-0.39, 0.29) is 17.6 Å². The number of hydrogen-bond donors (Lipinski definition) is 2. The second-order valence-electron chi connectivity index (χ2n) is 15.7. The highest BCUT2D eigenvalue weighted by Crippen LogP contribution is 2.45. The van der Waals surface area contributed by atoms with Crippen LogP contribution >= 0.6 is 0 Å². The zero-order valence-electron chi connectivity index (χ0n) is 33.4. The Labute approximate surface area is 334 Å². The van der Waals surface area contributed by atoms with Crippen LogP contribution < -0.4 is 14.8 Å². The van der Waals surface area contributed by atoms with Crippen LogP contribution in [-0.4, -0.2) is 73.0 Å². The van der Waals surface area contributed by atoms with Crippen LogP contribution in [0.1, 0.15) is 54.0 Å². The van der Waals surface area contributed by atoms with Crippen molar-refractivity contribution in [1.82, 2.24) is 14.5 Å². The van der Waals surface area contributed by atoms with Gasteiger partial charge in [0.05, 0.1) is 26.2 Å². The van der Waals surface area contributed by atoms with Gasteiger partial charge in [0.2, 0.25) is 0 Å². The highest BCUT2D eigenvalue weighted by molar-refractivity contribution is 6.74. The smallest absolute Gasteiger partial charge is 0.256 e. The van der Waals surface area contributed by atoms with Crippen LogP contribution in [0.25, 0.3) is 11.0 Å². The monoisotopic (exact) mass is 786 g/mol. The third-order valence-electron chi connectivity index (χ3n) is 11.2. The molecule has 1 amide bonds. The molecule has 2 N–H and O–H groups in total. The maximum Gasteiger partial charge on any atom is 0.256 e. The highest BCUT2D eigenvalue weighted by atomic mass is 28.4. The summed E-state index contributed by atoms with van der Waals surface area (Å²) < 4.78 is 34.1. The Morgan fingerprint density at radius 1 is 0.807 bits per heavy atom. The zero-order chi connectivity index (χ0) is 40.4. The van der Waals surface area contributed by atoms with Gasteiger partial charge >= 0.3 is 0 Å². The molecule has 57 heavy (non-hydrogen) atoms. The lowest BCUT2D eigenvalue weighted by atomic mass is 9.80. The Morgan fingerprint density at radius 2 is 1.37 bits per heavy atom. The minimum absolute atomic E-state index is 0.0480. The average molecular weight is 787 g/mol. The van der Waals surface area contributed by atoms with Crippen molar-refractivity contribution in [1.29, 1.82) is 0 Å². The third-order valence-corrected chi connectivity index (χ3v) is 15.7. The van der Waals surface area contributed by atoms with Crippen molar-refractivity contribution < 1.29 is 33.3 Å². The minimum Gasteiger partial charge on any atom is -0.497 e. The number of ether oxygens (including phenoxy) is 4. The molecule has 0 saturated carbocycles. The van der Waals surface area contributed by atoms with Crippen LogP contribution in [-0.2, 0) is 19.5 Å². The van der Waals surface area contributed by atoms with Crippen LogP contribution in [0.5, 0.6) is 11.5 Å². The first-order valence-corrected chi connectivity index (χ1v) is 21.9. The van der Waals surface area contributed by atoms with Crippen molar-refractivity contribution in [2.45, 2.75) is 69.0 Å². The number of nitrogens with zero attached hydrogens (tertiary/aromatic N) is 3. The van der Waals surface area contributed by atoms with Crippen molar-refractivity contribution in [2.24, 2.45) is 0 Å². The topological polar surface area (TPSA) is 126 Å². The predicted octanol–water partition coefficient (Wildman–Crippen LogP) is 8.36. The number of hydrogen-bond acceptors (Lipinski definition) is 9. The van der Waals surface area contributed by atoms with Gasteiger partial charge in [0.1, 0.15) is 53.2 Å². The van der Waals surface area contributed by atoms with Gasteiger partial charge in [-0.15, -0.1) is 0 Å². The van der Waals surface area contributed by atoms with E-state index < -0.39 is 38.5 Å². The van der Waals surface area contributed by atoms with E-state index in [0.717, 1.165) is 16.7 Å². The number of anilines is 1. The number of benzene rings is 4. The van der Waals surface area contributed by atoms with Crippen LogP contribution in [0.15, 0.2) is 128 Å². The van der Waals surface area contributed by atoms with Crippen LogP contribution in [0, 0.1) is 0 Å². The Morgan fingerprint density at radius 3 is 1.93 bits per heavy atom.